The molecule has 32 heavy (non-hydrogen) atoms. The molecular weight excluding hydrogens is 388 g/mol. The maximum Gasteiger partial charge on any atom is 0.0848 e. The van der Waals surface area contributed by atoms with Gasteiger partial charge in [0.1, 0.15) is 0 Å². The quantitative estimate of drug-likeness (QED) is 0.187. The van der Waals surface area contributed by atoms with E-state index < -0.39 is 0 Å². The molecule has 0 aliphatic rings. The van der Waals surface area contributed by atoms with E-state index in [0.717, 1.165) is 42.1 Å². The lowest BCUT2D eigenvalue weighted by molar-refractivity contribution is 0.616. The Morgan fingerprint density at radius 3 is 1.78 bits per heavy atom. The molecule has 0 spiro atoms. The fraction of sp³-hybridized carbons (Fsp3) is 0.467. The first kappa shape index (κ1) is 25.8. The molecular formula is C30H42N2. The van der Waals surface area contributed by atoms with Crippen molar-refractivity contribution < 1.29 is 0 Å². The van der Waals surface area contributed by atoms with Gasteiger partial charge in [-0.1, -0.05) is 108 Å². The van der Waals surface area contributed by atoms with Crippen LogP contribution in [-0.4, -0.2) is 11.4 Å². The van der Waals surface area contributed by atoms with Crippen LogP contribution >= 0.6 is 0 Å². The Hall–Kier alpha value is -2.48. The van der Waals surface area contributed by atoms with Crippen molar-refractivity contribution in [2.75, 3.05) is 0 Å². The average molecular weight is 431 g/mol. The predicted molar refractivity (Wildman–Crippen MR) is 143 cm³/mol. The number of unbranched alkanes of at least 4 members (excludes halogenated alkanes) is 9. The molecule has 0 saturated carbocycles. The van der Waals surface area contributed by atoms with E-state index in [4.69, 9.17) is 9.98 Å². The van der Waals surface area contributed by atoms with E-state index in [9.17, 15) is 0 Å². The molecule has 0 bridgehead atoms. The Bertz CT molecular complexity index is 803. The van der Waals surface area contributed by atoms with Crippen molar-refractivity contribution in [3.05, 3.63) is 72.8 Å². The second kappa shape index (κ2) is 17.1. The summed E-state index contributed by atoms with van der Waals surface area (Å²) in [4.78, 5) is 10.1. The monoisotopic (exact) mass is 430 g/mol. The second-order valence-electron chi connectivity index (χ2n) is 8.50. The molecule has 0 atom stereocenters. The number of rotatable bonds is 16. The number of benzene rings is 2. The van der Waals surface area contributed by atoms with Gasteiger partial charge in [-0.15, -0.1) is 0 Å². The summed E-state index contributed by atoms with van der Waals surface area (Å²) in [6.07, 6.45) is 19.4. The lowest BCUT2D eigenvalue weighted by atomic mass is 10.0. The van der Waals surface area contributed by atoms with Gasteiger partial charge in [0.25, 0.3) is 0 Å². The van der Waals surface area contributed by atoms with Crippen molar-refractivity contribution in [3.8, 4) is 0 Å². The molecule has 2 nitrogen and oxygen atoms in total. The van der Waals surface area contributed by atoms with Crippen LogP contribution in [-0.2, 0) is 0 Å². The zero-order valence-corrected chi connectivity index (χ0v) is 20.3. The van der Waals surface area contributed by atoms with Crippen LogP contribution in [0, 0.1) is 0 Å². The average Bonchev–Trinajstić information content (AvgIpc) is 2.83. The Kier molecular flexibility index (Phi) is 13.8. The number of hydrogen-bond acceptors (Lipinski definition) is 2. The number of nitrogens with zero attached hydrogens (tertiary/aromatic N) is 2. The third kappa shape index (κ3) is 11.2. The van der Waals surface area contributed by atoms with Crippen LogP contribution in [0.3, 0.4) is 0 Å². The van der Waals surface area contributed by atoms with Crippen molar-refractivity contribution in [1.82, 2.24) is 0 Å². The van der Waals surface area contributed by atoms with Crippen LogP contribution in [0.25, 0.3) is 0 Å². The molecule has 0 aliphatic carbocycles. The summed E-state index contributed by atoms with van der Waals surface area (Å²) in [6, 6.07) is 20.6. The largest absolute Gasteiger partial charge is 0.251 e. The van der Waals surface area contributed by atoms with E-state index in [-0.39, 0.29) is 0 Å². The van der Waals surface area contributed by atoms with Crippen LogP contribution in [0.5, 0.6) is 0 Å². The van der Waals surface area contributed by atoms with Crippen LogP contribution < -0.4 is 0 Å². The zero-order valence-electron chi connectivity index (χ0n) is 20.3. The van der Waals surface area contributed by atoms with Crippen molar-refractivity contribution in [2.24, 2.45) is 9.98 Å². The summed E-state index contributed by atoms with van der Waals surface area (Å²) < 4.78 is 0. The number of hydrogen-bond donors (Lipinski definition) is 0. The molecule has 0 saturated heterocycles. The summed E-state index contributed by atoms with van der Waals surface area (Å²) in [5.74, 6) is 0. The van der Waals surface area contributed by atoms with Gasteiger partial charge in [-0.3, -0.25) is 4.99 Å². The van der Waals surface area contributed by atoms with Crippen molar-refractivity contribution in [1.29, 1.82) is 0 Å². The third-order valence-electron chi connectivity index (χ3n) is 5.59. The van der Waals surface area contributed by atoms with Crippen LogP contribution in [0.1, 0.15) is 90.9 Å². The molecule has 2 heteroatoms. The van der Waals surface area contributed by atoms with Crippen molar-refractivity contribution in [3.63, 3.8) is 0 Å². The minimum Gasteiger partial charge on any atom is -0.251 e. The van der Waals surface area contributed by atoms with Gasteiger partial charge in [0, 0.05) is 0 Å². The fourth-order valence-corrected chi connectivity index (χ4v) is 3.70. The minimum atomic E-state index is 0.965. The van der Waals surface area contributed by atoms with Gasteiger partial charge >= 0.3 is 0 Å². The number of para-hydroxylation sites is 2. The van der Waals surface area contributed by atoms with Gasteiger partial charge in [0.2, 0.25) is 0 Å². The highest BCUT2D eigenvalue weighted by Crippen LogP contribution is 2.18. The first-order valence-electron chi connectivity index (χ1n) is 12.8. The molecule has 0 amide bonds. The Morgan fingerprint density at radius 2 is 1.16 bits per heavy atom. The van der Waals surface area contributed by atoms with E-state index >= 15 is 0 Å². The van der Waals surface area contributed by atoms with Gasteiger partial charge in [-0.25, -0.2) is 4.99 Å². The van der Waals surface area contributed by atoms with Gasteiger partial charge in [-0.2, -0.15) is 0 Å². The predicted octanol–water partition coefficient (Wildman–Crippen LogP) is 9.81. The van der Waals surface area contributed by atoms with Gasteiger partial charge < -0.3 is 0 Å². The first-order valence-corrected chi connectivity index (χ1v) is 12.8. The molecule has 2 aromatic carbocycles. The highest BCUT2D eigenvalue weighted by Gasteiger charge is 2.08. The lowest BCUT2D eigenvalue weighted by Crippen LogP contribution is -2.12. The van der Waals surface area contributed by atoms with Crippen molar-refractivity contribution >= 4 is 22.8 Å². The summed E-state index contributed by atoms with van der Waals surface area (Å²) in [7, 11) is 0. The highest BCUT2D eigenvalue weighted by molar-refractivity contribution is 6.47. The molecule has 0 aromatic heterocycles. The first-order chi connectivity index (χ1) is 15.8. The van der Waals surface area contributed by atoms with E-state index in [1.165, 1.54) is 57.8 Å². The maximum atomic E-state index is 5.05. The van der Waals surface area contributed by atoms with E-state index in [0.29, 0.717) is 0 Å². The Labute approximate surface area is 196 Å². The number of allylic oxidation sites excluding steroid dienone is 2. The second-order valence-corrected chi connectivity index (χ2v) is 8.50. The SMILES string of the molecule is CCCCCC/C=C/C(=Nc1ccccc1)C(CCCCCCCC)=Nc1ccccc1. The smallest absolute Gasteiger partial charge is 0.0848 e. The van der Waals surface area contributed by atoms with Crippen LogP contribution in [0.4, 0.5) is 11.4 Å². The number of aliphatic imine (C=N–C) groups is 2. The summed E-state index contributed by atoms with van der Waals surface area (Å²) in [5, 5.41) is 0. The highest BCUT2D eigenvalue weighted by atomic mass is 14.8. The molecule has 0 radical (unpaired) electrons. The Morgan fingerprint density at radius 1 is 0.625 bits per heavy atom. The maximum absolute atomic E-state index is 5.05. The normalized spacial score (nSPS) is 12.6. The lowest BCUT2D eigenvalue weighted by Gasteiger charge is -2.09. The molecule has 0 N–H and O–H groups in total. The minimum absolute atomic E-state index is 0.965. The van der Waals surface area contributed by atoms with E-state index in [1.54, 1.807) is 0 Å². The standard InChI is InChI=1S/C30H42N2/c1-3-5-7-9-11-19-25-29(31-27-21-15-13-16-22-27)30(26-20-12-10-8-6-4-2)32-28-23-17-14-18-24-28/h13-19,21-25H,3-12,20,26H2,1-2H3/b25-19+,31-29?,32-30?. The van der Waals surface area contributed by atoms with Gasteiger partial charge in [-0.05, 0) is 56.0 Å². The van der Waals surface area contributed by atoms with Crippen molar-refractivity contribution in [2.45, 2.75) is 90.9 Å². The van der Waals surface area contributed by atoms with E-state index in [2.05, 4.69) is 62.4 Å². The molecule has 2 rings (SSSR count). The molecule has 0 fully saturated rings. The van der Waals surface area contributed by atoms with E-state index in [1.807, 2.05) is 24.3 Å². The topological polar surface area (TPSA) is 24.7 Å². The molecule has 172 valence electrons. The van der Waals surface area contributed by atoms with Crippen LogP contribution in [0.15, 0.2) is 82.8 Å². The third-order valence-corrected chi connectivity index (χ3v) is 5.59. The summed E-state index contributed by atoms with van der Waals surface area (Å²) >= 11 is 0. The van der Waals surface area contributed by atoms with Crippen LogP contribution in [0.2, 0.25) is 0 Å². The summed E-state index contributed by atoms with van der Waals surface area (Å²) in [5.41, 5.74) is 4.09. The summed E-state index contributed by atoms with van der Waals surface area (Å²) in [6.45, 7) is 4.53. The fourth-order valence-electron chi connectivity index (χ4n) is 3.70. The molecule has 0 heterocycles. The Balaban J connectivity index is 2.20. The molecule has 0 unspecified atom stereocenters. The van der Waals surface area contributed by atoms with Gasteiger partial charge in [0.05, 0.1) is 22.8 Å². The van der Waals surface area contributed by atoms with Gasteiger partial charge in [0.15, 0.2) is 0 Å². The molecule has 2 aromatic rings. The molecule has 0 aliphatic heterocycles. The zero-order chi connectivity index (χ0) is 22.7.